The number of hydrogen-bond donors (Lipinski definition) is 2. The molecule has 4 heteroatoms. The minimum absolute atomic E-state index is 0.0571. The second-order valence-electron chi connectivity index (χ2n) is 4.47. The van der Waals surface area contributed by atoms with Gasteiger partial charge in [-0.2, -0.15) is 0 Å². The zero-order chi connectivity index (χ0) is 13.5. The molecule has 100 valence electrons. The highest BCUT2D eigenvalue weighted by atomic mass is 127. The lowest BCUT2D eigenvalue weighted by molar-refractivity contribution is -0.121. The number of unbranched alkanes of at least 4 members (excludes halogenated alkanes) is 1. The van der Waals surface area contributed by atoms with Gasteiger partial charge in [0, 0.05) is 15.8 Å². The Kier molecular flexibility index (Phi) is 6.46. The molecule has 0 heterocycles. The van der Waals surface area contributed by atoms with Gasteiger partial charge in [0.15, 0.2) is 0 Å². The Morgan fingerprint density at radius 3 is 2.83 bits per heavy atom. The SMILES string of the molecule is CCCCNC(=O)C(C)Nc1cc(I)ccc1C. The molecule has 1 aromatic rings. The van der Waals surface area contributed by atoms with Gasteiger partial charge in [-0.15, -0.1) is 0 Å². The minimum atomic E-state index is -0.209. The van der Waals surface area contributed by atoms with Crippen LogP contribution < -0.4 is 10.6 Å². The maximum atomic E-state index is 11.8. The molecule has 0 fully saturated rings. The van der Waals surface area contributed by atoms with Crippen LogP contribution in [0.15, 0.2) is 18.2 Å². The van der Waals surface area contributed by atoms with Gasteiger partial charge in [0.05, 0.1) is 0 Å². The number of anilines is 1. The number of amides is 1. The standard InChI is InChI=1S/C14H21IN2O/c1-4-5-8-16-14(18)11(3)17-13-9-12(15)7-6-10(13)2/h6-7,9,11,17H,4-5,8H2,1-3H3,(H,16,18). The molecule has 0 aliphatic carbocycles. The third-order valence-corrected chi connectivity index (χ3v) is 3.47. The van der Waals surface area contributed by atoms with Crippen LogP contribution in [-0.2, 0) is 4.79 Å². The molecule has 0 aromatic heterocycles. The van der Waals surface area contributed by atoms with Crippen molar-refractivity contribution in [2.75, 3.05) is 11.9 Å². The first-order valence-corrected chi connectivity index (χ1v) is 7.43. The zero-order valence-corrected chi connectivity index (χ0v) is 13.4. The van der Waals surface area contributed by atoms with E-state index in [9.17, 15) is 4.79 Å². The fraction of sp³-hybridized carbons (Fsp3) is 0.500. The molecular formula is C14H21IN2O. The minimum Gasteiger partial charge on any atom is -0.374 e. The van der Waals surface area contributed by atoms with Crippen molar-refractivity contribution in [3.05, 3.63) is 27.3 Å². The summed E-state index contributed by atoms with van der Waals surface area (Å²) in [5.41, 5.74) is 2.18. The molecule has 0 bridgehead atoms. The van der Waals surface area contributed by atoms with Crippen LogP contribution in [0.25, 0.3) is 0 Å². The highest BCUT2D eigenvalue weighted by Crippen LogP contribution is 2.18. The van der Waals surface area contributed by atoms with Crippen molar-refractivity contribution in [3.63, 3.8) is 0 Å². The predicted molar refractivity (Wildman–Crippen MR) is 84.9 cm³/mol. The molecule has 0 aliphatic rings. The van der Waals surface area contributed by atoms with Gasteiger partial charge in [0.1, 0.15) is 6.04 Å². The molecule has 1 atom stereocenters. The van der Waals surface area contributed by atoms with Gasteiger partial charge < -0.3 is 10.6 Å². The van der Waals surface area contributed by atoms with Crippen LogP contribution >= 0.6 is 22.6 Å². The lowest BCUT2D eigenvalue weighted by Crippen LogP contribution is -2.38. The second kappa shape index (κ2) is 7.61. The molecule has 18 heavy (non-hydrogen) atoms. The van der Waals surface area contributed by atoms with E-state index < -0.39 is 0 Å². The number of halogens is 1. The highest BCUT2D eigenvalue weighted by Gasteiger charge is 2.12. The maximum Gasteiger partial charge on any atom is 0.242 e. The average molecular weight is 360 g/mol. The Hall–Kier alpha value is -0.780. The van der Waals surface area contributed by atoms with Gasteiger partial charge in [-0.25, -0.2) is 0 Å². The van der Waals surface area contributed by atoms with Crippen LogP contribution in [0.5, 0.6) is 0 Å². The van der Waals surface area contributed by atoms with Crippen LogP contribution in [0, 0.1) is 10.5 Å². The molecule has 0 saturated carbocycles. The summed E-state index contributed by atoms with van der Waals surface area (Å²) in [5.74, 6) is 0.0571. The highest BCUT2D eigenvalue weighted by molar-refractivity contribution is 14.1. The first-order valence-electron chi connectivity index (χ1n) is 6.35. The molecule has 0 saturated heterocycles. The van der Waals surface area contributed by atoms with Gasteiger partial charge >= 0.3 is 0 Å². The molecule has 1 aromatic carbocycles. The van der Waals surface area contributed by atoms with Crippen LogP contribution in [-0.4, -0.2) is 18.5 Å². The molecule has 1 rings (SSSR count). The lowest BCUT2D eigenvalue weighted by atomic mass is 10.2. The number of benzene rings is 1. The Morgan fingerprint density at radius 1 is 1.44 bits per heavy atom. The van der Waals surface area contributed by atoms with Gasteiger partial charge in [-0.05, 0) is 60.6 Å². The number of nitrogens with one attached hydrogen (secondary N) is 2. The van der Waals surface area contributed by atoms with Gasteiger partial charge in [0.25, 0.3) is 0 Å². The van der Waals surface area contributed by atoms with Gasteiger partial charge in [-0.1, -0.05) is 19.4 Å². The monoisotopic (exact) mass is 360 g/mol. The van der Waals surface area contributed by atoms with Crippen LogP contribution in [0.2, 0.25) is 0 Å². The van der Waals surface area contributed by atoms with Crippen LogP contribution in [0.1, 0.15) is 32.3 Å². The average Bonchev–Trinajstić information content (AvgIpc) is 2.34. The summed E-state index contributed by atoms with van der Waals surface area (Å²) in [6.45, 7) is 6.80. The molecule has 3 nitrogen and oxygen atoms in total. The van der Waals surface area contributed by atoms with E-state index in [4.69, 9.17) is 0 Å². The third kappa shape index (κ3) is 4.84. The van der Waals surface area contributed by atoms with Crippen molar-refractivity contribution in [2.24, 2.45) is 0 Å². The Bertz CT molecular complexity index is 407. The summed E-state index contributed by atoms with van der Waals surface area (Å²) in [4.78, 5) is 11.8. The quantitative estimate of drug-likeness (QED) is 0.604. The fourth-order valence-electron chi connectivity index (χ4n) is 1.59. The smallest absolute Gasteiger partial charge is 0.242 e. The molecule has 2 N–H and O–H groups in total. The Morgan fingerprint density at radius 2 is 2.17 bits per heavy atom. The van der Waals surface area contributed by atoms with E-state index >= 15 is 0 Å². The first kappa shape index (κ1) is 15.3. The zero-order valence-electron chi connectivity index (χ0n) is 11.2. The van der Waals surface area contributed by atoms with Crippen molar-refractivity contribution in [1.82, 2.24) is 5.32 Å². The van der Waals surface area contributed by atoms with Crippen molar-refractivity contribution in [1.29, 1.82) is 0 Å². The van der Waals surface area contributed by atoms with E-state index in [1.54, 1.807) is 0 Å². The maximum absolute atomic E-state index is 11.8. The summed E-state index contributed by atoms with van der Waals surface area (Å²) in [6.07, 6.45) is 2.12. The topological polar surface area (TPSA) is 41.1 Å². The number of rotatable bonds is 6. The van der Waals surface area contributed by atoms with Crippen molar-refractivity contribution < 1.29 is 4.79 Å². The molecule has 1 amide bonds. The summed E-state index contributed by atoms with van der Waals surface area (Å²) < 4.78 is 1.17. The summed E-state index contributed by atoms with van der Waals surface area (Å²) in [7, 11) is 0. The largest absolute Gasteiger partial charge is 0.374 e. The second-order valence-corrected chi connectivity index (χ2v) is 5.72. The normalized spacial score (nSPS) is 12.0. The van der Waals surface area contributed by atoms with Crippen molar-refractivity contribution in [3.8, 4) is 0 Å². The van der Waals surface area contributed by atoms with Crippen molar-refractivity contribution >= 4 is 34.2 Å². The Balaban J connectivity index is 2.55. The van der Waals surface area contributed by atoms with E-state index in [-0.39, 0.29) is 11.9 Å². The summed E-state index contributed by atoms with van der Waals surface area (Å²) >= 11 is 2.27. The molecular weight excluding hydrogens is 339 g/mol. The van der Waals surface area contributed by atoms with E-state index in [0.717, 1.165) is 30.6 Å². The molecule has 1 unspecified atom stereocenters. The molecule has 0 radical (unpaired) electrons. The van der Waals surface area contributed by atoms with E-state index in [2.05, 4.69) is 58.3 Å². The van der Waals surface area contributed by atoms with E-state index in [1.807, 2.05) is 13.8 Å². The molecule has 0 aliphatic heterocycles. The van der Waals surface area contributed by atoms with Gasteiger partial charge in [-0.3, -0.25) is 4.79 Å². The number of hydrogen-bond acceptors (Lipinski definition) is 2. The first-order chi connectivity index (χ1) is 8.54. The Labute approximate surface area is 123 Å². The fourth-order valence-corrected chi connectivity index (χ4v) is 2.08. The van der Waals surface area contributed by atoms with E-state index in [1.165, 1.54) is 3.57 Å². The van der Waals surface area contributed by atoms with Gasteiger partial charge in [0.2, 0.25) is 5.91 Å². The third-order valence-electron chi connectivity index (χ3n) is 2.79. The van der Waals surface area contributed by atoms with Crippen molar-refractivity contribution in [2.45, 2.75) is 39.7 Å². The van der Waals surface area contributed by atoms with Crippen LogP contribution in [0.4, 0.5) is 5.69 Å². The number of aryl methyl sites for hydroxylation is 1. The number of carbonyl (C=O) groups excluding carboxylic acids is 1. The number of carbonyl (C=O) groups is 1. The van der Waals surface area contributed by atoms with E-state index in [0.29, 0.717) is 0 Å². The summed E-state index contributed by atoms with van der Waals surface area (Å²) in [5, 5.41) is 6.20. The lowest BCUT2D eigenvalue weighted by Gasteiger charge is -2.17. The summed E-state index contributed by atoms with van der Waals surface area (Å²) in [6, 6.07) is 5.98. The predicted octanol–water partition coefficient (Wildman–Crippen LogP) is 3.32. The van der Waals surface area contributed by atoms with Crippen LogP contribution in [0.3, 0.4) is 0 Å². The molecule has 0 spiro atoms.